The van der Waals surface area contributed by atoms with E-state index in [9.17, 15) is 13.9 Å². The molecule has 1 atom stereocenters. The molecule has 1 unspecified atom stereocenters. The van der Waals surface area contributed by atoms with E-state index in [1.165, 1.54) is 0 Å². The number of nitrogens with one attached hydrogen (secondary N) is 1. The van der Waals surface area contributed by atoms with Crippen molar-refractivity contribution in [3.8, 4) is 5.75 Å². The van der Waals surface area contributed by atoms with Crippen molar-refractivity contribution in [1.82, 2.24) is 5.32 Å². The van der Waals surface area contributed by atoms with Gasteiger partial charge in [-0.3, -0.25) is 0 Å². The van der Waals surface area contributed by atoms with Gasteiger partial charge >= 0.3 is 0 Å². The minimum absolute atomic E-state index is 0.205. The van der Waals surface area contributed by atoms with Crippen LogP contribution >= 0.6 is 0 Å². The second-order valence-electron chi connectivity index (χ2n) is 4.54. The Labute approximate surface area is 103 Å². The molecule has 0 bridgehead atoms. The van der Waals surface area contributed by atoms with Gasteiger partial charge in [0.1, 0.15) is 5.60 Å². The largest absolute Gasteiger partial charge is 0.503 e. The number of halogens is 2. The van der Waals surface area contributed by atoms with Crippen molar-refractivity contribution < 1.29 is 23.7 Å². The molecule has 0 aliphatic carbocycles. The van der Waals surface area contributed by atoms with Gasteiger partial charge in [-0.1, -0.05) is 0 Å². The number of phenolic OH excluding ortho intramolecular Hbond substituents is 1. The van der Waals surface area contributed by atoms with Gasteiger partial charge in [0.05, 0.1) is 6.61 Å². The maximum Gasteiger partial charge on any atom is 0.187 e. The molecule has 1 aliphatic rings. The molecule has 2 rings (SSSR count). The zero-order valence-corrected chi connectivity index (χ0v) is 9.75. The van der Waals surface area contributed by atoms with Gasteiger partial charge in [-0.2, -0.15) is 0 Å². The number of hydrogen-bond donors (Lipinski definition) is 3. The maximum atomic E-state index is 13.1. The van der Waals surface area contributed by atoms with Crippen molar-refractivity contribution in [1.29, 1.82) is 0 Å². The van der Waals surface area contributed by atoms with Crippen LogP contribution in [0.2, 0.25) is 0 Å². The highest BCUT2D eigenvalue weighted by atomic mass is 19.1. The maximum absolute atomic E-state index is 13.1. The van der Waals surface area contributed by atoms with Crippen LogP contribution in [0.4, 0.5) is 8.78 Å². The molecule has 0 aromatic heterocycles. The monoisotopic (exact) mass is 259 g/mol. The van der Waals surface area contributed by atoms with Crippen molar-refractivity contribution in [2.45, 2.75) is 18.6 Å². The highest BCUT2D eigenvalue weighted by Gasteiger charge is 2.31. The van der Waals surface area contributed by atoms with Crippen LogP contribution < -0.4 is 5.32 Å². The van der Waals surface area contributed by atoms with Crippen LogP contribution in [0.15, 0.2) is 12.1 Å². The van der Waals surface area contributed by atoms with E-state index in [0.29, 0.717) is 18.6 Å². The Balaban J connectivity index is 1.90. The molecule has 6 heteroatoms. The summed E-state index contributed by atoms with van der Waals surface area (Å²) in [7, 11) is 0. The molecule has 4 nitrogen and oxygen atoms in total. The number of rotatable bonds is 4. The smallest absolute Gasteiger partial charge is 0.187 e. The lowest BCUT2D eigenvalue weighted by Crippen LogP contribution is -2.40. The Bertz CT molecular complexity index is 410. The SMILES string of the molecule is Oc1c(F)cc(CNCC2(O)CCOC2)cc1F. The second-order valence-corrected chi connectivity index (χ2v) is 4.54. The summed E-state index contributed by atoms with van der Waals surface area (Å²) in [6.45, 7) is 1.27. The molecule has 0 radical (unpaired) electrons. The first-order valence-corrected chi connectivity index (χ1v) is 5.68. The summed E-state index contributed by atoms with van der Waals surface area (Å²) in [4.78, 5) is 0. The Kier molecular flexibility index (Phi) is 3.79. The standard InChI is InChI=1S/C12H15F2NO3/c13-9-3-8(4-10(14)11(9)16)5-15-6-12(17)1-2-18-7-12/h3-4,15-17H,1-2,5-7H2. The van der Waals surface area contributed by atoms with Crippen LogP contribution in [-0.4, -0.2) is 35.6 Å². The van der Waals surface area contributed by atoms with E-state index >= 15 is 0 Å². The molecular weight excluding hydrogens is 244 g/mol. The summed E-state index contributed by atoms with van der Waals surface area (Å²) >= 11 is 0. The number of aromatic hydroxyl groups is 1. The van der Waals surface area contributed by atoms with E-state index in [1.807, 2.05) is 0 Å². The lowest BCUT2D eigenvalue weighted by atomic mass is 10.0. The third-order valence-corrected chi connectivity index (χ3v) is 2.94. The normalized spacial score (nSPS) is 23.5. The molecule has 1 heterocycles. The van der Waals surface area contributed by atoms with E-state index in [4.69, 9.17) is 9.84 Å². The fraction of sp³-hybridized carbons (Fsp3) is 0.500. The highest BCUT2D eigenvalue weighted by Crippen LogP contribution is 2.21. The van der Waals surface area contributed by atoms with E-state index in [-0.39, 0.29) is 19.7 Å². The summed E-state index contributed by atoms with van der Waals surface area (Å²) < 4.78 is 31.2. The van der Waals surface area contributed by atoms with Gasteiger partial charge in [-0.15, -0.1) is 0 Å². The molecule has 0 amide bonds. The highest BCUT2D eigenvalue weighted by molar-refractivity contribution is 5.29. The van der Waals surface area contributed by atoms with Crippen LogP contribution in [0.1, 0.15) is 12.0 Å². The lowest BCUT2D eigenvalue weighted by molar-refractivity contribution is 0.0268. The number of hydrogen-bond acceptors (Lipinski definition) is 4. The predicted octanol–water partition coefficient (Wildman–Crippen LogP) is 0.911. The van der Waals surface area contributed by atoms with Crippen molar-refractivity contribution in [2.75, 3.05) is 19.8 Å². The molecule has 0 saturated carbocycles. The molecule has 1 aromatic carbocycles. The van der Waals surface area contributed by atoms with Crippen molar-refractivity contribution in [3.63, 3.8) is 0 Å². The third kappa shape index (κ3) is 2.95. The number of aliphatic hydroxyl groups is 1. The van der Waals surface area contributed by atoms with Gasteiger partial charge in [-0.25, -0.2) is 8.78 Å². The van der Waals surface area contributed by atoms with Gasteiger partial charge < -0.3 is 20.3 Å². The first kappa shape index (κ1) is 13.2. The van der Waals surface area contributed by atoms with Crippen molar-refractivity contribution >= 4 is 0 Å². The first-order valence-electron chi connectivity index (χ1n) is 5.68. The topological polar surface area (TPSA) is 61.7 Å². The van der Waals surface area contributed by atoms with Gasteiger partial charge in [0, 0.05) is 26.1 Å². The van der Waals surface area contributed by atoms with Crippen molar-refractivity contribution in [3.05, 3.63) is 29.3 Å². The number of benzene rings is 1. The molecule has 1 aliphatic heterocycles. The van der Waals surface area contributed by atoms with Gasteiger partial charge in [0.15, 0.2) is 17.4 Å². The summed E-state index contributed by atoms with van der Waals surface area (Å²) in [5.41, 5.74) is -0.543. The van der Waals surface area contributed by atoms with Gasteiger partial charge in [0.2, 0.25) is 0 Å². The van der Waals surface area contributed by atoms with E-state index in [0.717, 1.165) is 12.1 Å². The average molecular weight is 259 g/mol. The van der Waals surface area contributed by atoms with Crippen LogP contribution in [0.3, 0.4) is 0 Å². The van der Waals surface area contributed by atoms with Crippen LogP contribution in [0, 0.1) is 11.6 Å². The Morgan fingerprint density at radius 3 is 2.56 bits per heavy atom. The van der Waals surface area contributed by atoms with Crippen molar-refractivity contribution in [2.24, 2.45) is 0 Å². The molecule has 1 aromatic rings. The van der Waals surface area contributed by atoms with Crippen LogP contribution in [0.25, 0.3) is 0 Å². The average Bonchev–Trinajstić information content (AvgIpc) is 2.73. The number of phenols is 1. The summed E-state index contributed by atoms with van der Waals surface area (Å²) in [6.07, 6.45) is 0.540. The molecule has 18 heavy (non-hydrogen) atoms. The zero-order valence-electron chi connectivity index (χ0n) is 9.75. The summed E-state index contributed by atoms with van der Waals surface area (Å²) in [5, 5.41) is 21.8. The minimum atomic E-state index is -0.991. The van der Waals surface area contributed by atoms with Gasteiger partial charge in [0.25, 0.3) is 0 Å². The lowest BCUT2D eigenvalue weighted by Gasteiger charge is -2.20. The summed E-state index contributed by atoms with van der Waals surface area (Å²) in [6, 6.07) is 2.11. The van der Waals surface area contributed by atoms with Crippen LogP contribution in [0.5, 0.6) is 5.75 Å². The van der Waals surface area contributed by atoms with Crippen LogP contribution in [-0.2, 0) is 11.3 Å². The van der Waals surface area contributed by atoms with E-state index < -0.39 is 23.0 Å². The molecule has 100 valence electrons. The fourth-order valence-corrected chi connectivity index (χ4v) is 1.90. The molecule has 1 fully saturated rings. The Hall–Kier alpha value is -1.24. The quantitative estimate of drug-likeness (QED) is 0.752. The third-order valence-electron chi connectivity index (χ3n) is 2.94. The van der Waals surface area contributed by atoms with Gasteiger partial charge in [-0.05, 0) is 17.7 Å². The van der Waals surface area contributed by atoms with E-state index in [1.54, 1.807) is 0 Å². The Morgan fingerprint density at radius 1 is 1.33 bits per heavy atom. The first-order chi connectivity index (χ1) is 8.50. The summed E-state index contributed by atoms with van der Waals surface area (Å²) in [5.74, 6) is -2.95. The number of ether oxygens (including phenoxy) is 1. The second kappa shape index (κ2) is 5.17. The zero-order chi connectivity index (χ0) is 13.2. The fourth-order valence-electron chi connectivity index (χ4n) is 1.90. The van der Waals surface area contributed by atoms with E-state index in [2.05, 4.69) is 5.32 Å². The molecule has 0 spiro atoms. The molecular formula is C12H15F2NO3. The molecule has 1 saturated heterocycles. The molecule has 3 N–H and O–H groups in total. The predicted molar refractivity (Wildman–Crippen MR) is 60.1 cm³/mol. The Morgan fingerprint density at radius 2 is 2.00 bits per heavy atom. The minimum Gasteiger partial charge on any atom is -0.503 e.